The zero-order valence-corrected chi connectivity index (χ0v) is 16.3. The van der Waals surface area contributed by atoms with Crippen LogP contribution in [0.3, 0.4) is 0 Å². The van der Waals surface area contributed by atoms with Crippen LogP contribution in [0.2, 0.25) is 10.0 Å². The summed E-state index contributed by atoms with van der Waals surface area (Å²) in [6.07, 6.45) is 0. The maximum absolute atomic E-state index is 12.6. The van der Waals surface area contributed by atoms with E-state index in [1.54, 1.807) is 18.2 Å². The minimum atomic E-state index is -0.158. The van der Waals surface area contributed by atoms with Gasteiger partial charge in [-0.3, -0.25) is 9.69 Å². The lowest BCUT2D eigenvalue weighted by Crippen LogP contribution is -2.33. The van der Waals surface area contributed by atoms with Gasteiger partial charge in [-0.05, 0) is 41.4 Å². The molecular formula is C22H18Cl2N2O. The number of nitrogens with one attached hydrogen (secondary N) is 1. The number of amides is 1. The number of hydrogen-bond acceptors (Lipinski definition) is 2. The highest BCUT2D eigenvalue weighted by molar-refractivity contribution is 6.39. The maximum Gasteiger partial charge on any atom is 0.238 e. The molecule has 5 heteroatoms. The Labute approximate surface area is 168 Å². The summed E-state index contributed by atoms with van der Waals surface area (Å²) in [6, 6.07) is 21.9. The van der Waals surface area contributed by atoms with E-state index >= 15 is 0 Å². The first-order valence-corrected chi connectivity index (χ1v) is 9.44. The van der Waals surface area contributed by atoms with Gasteiger partial charge in [0.1, 0.15) is 0 Å². The van der Waals surface area contributed by atoms with Gasteiger partial charge < -0.3 is 5.32 Å². The van der Waals surface area contributed by atoms with Crippen molar-refractivity contribution in [2.24, 2.45) is 0 Å². The van der Waals surface area contributed by atoms with Crippen LogP contribution in [-0.4, -0.2) is 24.4 Å². The van der Waals surface area contributed by atoms with E-state index < -0.39 is 0 Å². The number of nitrogens with zero attached hydrogens (tertiary/aromatic N) is 1. The fraction of sp³-hybridized carbons (Fsp3) is 0.136. The molecule has 0 bridgehead atoms. The summed E-state index contributed by atoms with van der Waals surface area (Å²) in [5, 5.41) is 3.69. The van der Waals surface area contributed by atoms with Gasteiger partial charge in [0.25, 0.3) is 0 Å². The first-order chi connectivity index (χ1) is 13.1. The van der Waals surface area contributed by atoms with Crippen molar-refractivity contribution in [2.45, 2.75) is 6.04 Å². The first-order valence-electron chi connectivity index (χ1n) is 8.68. The molecule has 1 aliphatic rings. The standard InChI is InChI=1S/C22H18Cl2N2O/c1-26(13-20(27)25-21-18(23)11-6-12-19(21)24)22-16-9-4-2-7-14(16)15-8-3-5-10-17(15)22/h2-12,22H,13H2,1H3,(H,25,27). The molecule has 136 valence electrons. The fourth-order valence-electron chi connectivity index (χ4n) is 3.72. The lowest BCUT2D eigenvalue weighted by Gasteiger charge is -2.26. The smallest absolute Gasteiger partial charge is 0.238 e. The van der Waals surface area contributed by atoms with Crippen molar-refractivity contribution >= 4 is 34.8 Å². The third-order valence-electron chi connectivity index (χ3n) is 4.86. The summed E-state index contributed by atoms with van der Waals surface area (Å²) >= 11 is 12.3. The first kappa shape index (κ1) is 18.1. The molecule has 1 N–H and O–H groups in total. The summed E-state index contributed by atoms with van der Waals surface area (Å²) in [4.78, 5) is 14.7. The van der Waals surface area contributed by atoms with Gasteiger partial charge in [0.15, 0.2) is 0 Å². The monoisotopic (exact) mass is 396 g/mol. The second kappa shape index (κ2) is 7.35. The van der Waals surface area contributed by atoms with E-state index in [1.807, 2.05) is 36.2 Å². The molecule has 0 radical (unpaired) electrons. The Morgan fingerprint density at radius 1 is 0.889 bits per heavy atom. The average molecular weight is 397 g/mol. The Kier molecular flexibility index (Phi) is 4.92. The number of likely N-dealkylation sites (N-methyl/N-ethyl adjacent to an activating group) is 1. The SMILES string of the molecule is CN(CC(=O)Nc1c(Cl)cccc1Cl)C1c2ccccc2-c2ccccc21. The van der Waals surface area contributed by atoms with E-state index in [4.69, 9.17) is 23.2 Å². The summed E-state index contributed by atoms with van der Waals surface area (Å²) in [6.45, 7) is 0.217. The van der Waals surface area contributed by atoms with Gasteiger partial charge in [-0.2, -0.15) is 0 Å². The predicted molar refractivity (Wildman–Crippen MR) is 111 cm³/mol. The molecule has 0 saturated heterocycles. The number of halogens is 2. The Morgan fingerprint density at radius 2 is 1.41 bits per heavy atom. The van der Waals surface area contributed by atoms with Crippen molar-refractivity contribution < 1.29 is 4.79 Å². The third kappa shape index (κ3) is 3.34. The molecule has 0 fully saturated rings. The Morgan fingerprint density at radius 3 is 1.96 bits per heavy atom. The molecule has 0 unspecified atom stereocenters. The fourth-order valence-corrected chi connectivity index (χ4v) is 4.21. The summed E-state index contributed by atoms with van der Waals surface area (Å²) in [7, 11) is 1.96. The van der Waals surface area contributed by atoms with Crippen LogP contribution in [0.25, 0.3) is 11.1 Å². The molecule has 0 aromatic heterocycles. The topological polar surface area (TPSA) is 32.3 Å². The molecule has 27 heavy (non-hydrogen) atoms. The average Bonchev–Trinajstić information content (AvgIpc) is 2.99. The van der Waals surface area contributed by atoms with Crippen LogP contribution in [0.15, 0.2) is 66.7 Å². The Bertz CT molecular complexity index is 953. The molecule has 4 rings (SSSR count). The highest BCUT2D eigenvalue weighted by Crippen LogP contribution is 2.45. The van der Waals surface area contributed by atoms with E-state index in [0.717, 1.165) is 0 Å². The zero-order chi connectivity index (χ0) is 19.0. The van der Waals surface area contributed by atoms with Crippen LogP contribution in [0.4, 0.5) is 5.69 Å². The van der Waals surface area contributed by atoms with Crippen molar-refractivity contribution in [3.05, 3.63) is 87.9 Å². The molecule has 0 saturated carbocycles. The Hall–Kier alpha value is -2.33. The summed E-state index contributed by atoms with van der Waals surface area (Å²) in [5.74, 6) is -0.158. The number of hydrogen-bond donors (Lipinski definition) is 1. The normalized spacial score (nSPS) is 12.7. The number of benzene rings is 3. The van der Waals surface area contributed by atoms with Gasteiger partial charge in [0.05, 0.1) is 28.3 Å². The van der Waals surface area contributed by atoms with Gasteiger partial charge in [0, 0.05) is 0 Å². The number of carbonyl (C=O) groups is 1. The highest BCUT2D eigenvalue weighted by atomic mass is 35.5. The molecule has 3 nitrogen and oxygen atoms in total. The minimum absolute atomic E-state index is 0.0323. The van der Waals surface area contributed by atoms with Crippen LogP contribution < -0.4 is 5.32 Å². The van der Waals surface area contributed by atoms with Crippen molar-refractivity contribution in [1.82, 2.24) is 4.90 Å². The number of para-hydroxylation sites is 1. The van der Waals surface area contributed by atoms with Crippen LogP contribution in [0, 0.1) is 0 Å². The number of fused-ring (bicyclic) bond motifs is 3. The molecular weight excluding hydrogens is 379 g/mol. The van der Waals surface area contributed by atoms with Gasteiger partial charge in [0.2, 0.25) is 5.91 Å². The summed E-state index contributed by atoms with van der Waals surface area (Å²) < 4.78 is 0. The highest BCUT2D eigenvalue weighted by Gasteiger charge is 2.31. The van der Waals surface area contributed by atoms with Crippen LogP contribution in [-0.2, 0) is 4.79 Å². The van der Waals surface area contributed by atoms with Crippen LogP contribution in [0.5, 0.6) is 0 Å². The molecule has 1 aliphatic carbocycles. The second-order valence-corrected chi connectivity index (χ2v) is 7.45. The lowest BCUT2D eigenvalue weighted by molar-refractivity contribution is -0.117. The van der Waals surface area contributed by atoms with Gasteiger partial charge in [-0.15, -0.1) is 0 Å². The largest absolute Gasteiger partial charge is 0.322 e. The lowest BCUT2D eigenvalue weighted by atomic mass is 10.0. The molecule has 0 spiro atoms. The Balaban J connectivity index is 1.58. The van der Waals surface area contributed by atoms with Crippen molar-refractivity contribution in [3.63, 3.8) is 0 Å². The predicted octanol–water partition coefficient (Wildman–Crippen LogP) is 5.63. The van der Waals surface area contributed by atoms with Crippen molar-refractivity contribution in [1.29, 1.82) is 0 Å². The quantitative estimate of drug-likeness (QED) is 0.619. The third-order valence-corrected chi connectivity index (χ3v) is 5.49. The zero-order valence-electron chi connectivity index (χ0n) is 14.7. The van der Waals surface area contributed by atoms with Gasteiger partial charge in [-0.25, -0.2) is 0 Å². The van der Waals surface area contributed by atoms with E-state index in [2.05, 4.69) is 29.6 Å². The van der Waals surface area contributed by atoms with Gasteiger partial charge in [-0.1, -0.05) is 77.8 Å². The summed E-state index contributed by atoms with van der Waals surface area (Å²) in [5.41, 5.74) is 5.32. The van der Waals surface area contributed by atoms with Crippen LogP contribution in [0.1, 0.15) is 17.2 Å². The number of anilines is 1. The molecule has 0 heterocycles. The molecule has 3 aromatic rings. The van der Waals surface area contributed by atoms with Gasteiger partial charge >= 0.3 is 0 Å². The second-order valence-electron chi connectivity index (χ2n) is 6.64. The van der Waals surface area contributed by atoms with E-state index in [1.165, 1.54) is 22.3 Å². The molecule has 1 amide bonds. The maximum atomic E-state index is 12.6. The van der Waals surface area contributed by atoms with E-state index in [9.17, 15) is 4.79 Å². The van der Waals surface area contributed by atoms with Crippen LogP contribution >= 0.6 is 23.2 Å². The van der Waals surface area contributed by atoms with Crippen molar-refractivity contribution in [2.75, 3.05) is 18.9 Å². The number of rotatable bonds is 4. The van der Waals surface area contributed by atoms with Crippen molar-refractivity contribution in [3.8, 4) is 11.1 Å². The minimum Gasteiger partial charge on any atom is -0.322 e. The molecule has 0 atom stereocenters. The van der Waals surface area contributed by atoms with E-state index in [-0.39, 0.29) is 18.5 Å². The number of carbonyl (C=O) groups excluding carboxylic acids is 1. The van der Waals surface area contributed by atoms with E-state index in [0.29, 0.717) is 15.7 Å². The molecule has 0 aliphatic heterocycles. The molecule has 3 aromatic carbocycles.